The minimum atomic E-state index is -0.237. The summed E-state index contributed by atoms with van der Waals surface area (Å²) in [6.07, 6.45) is 5.04. The molecule has 7 heteroatoms. The highest BCUT2D eigenvalue weighted by molar-refractivity contribution is 7.19. The number of amides is 1. The number of rotatable bonds is 5. The fourth-order valence-corrected chi connectivity index (χ4v) is 3.54. The van der Waals surface area contributed by atoms with Gasteiger partial charge in [0.25, 0.3) is 5.91 Å². The molecule has 134 valence electrons. The molecule has 0 saturated heterocycles. The van der Waals surface area contributed by atoms with E-state index in [1.54, 1.807) is 56.1 Å². The molecular formula is C20H15N3O3S. The topological polar surface area (TPSA) is 77.2 Å². The number of aromatic nitrogens is 2. The van der Waals surface area contributed by atoms with E-state index in [4.69, 9.17) is 9.15 Å². The SMILES string of the molecule is COc1ccc(C(=O)Nc2nc(-c3ccco3)c(-c3ccncc3)s2)cc1. The summed E-state index contributed by atoms with van der Waals surface area (Å²) in [4.78, 5) is 22.1. The van der Waals surface area contributed by atoms with Gasteiger partial charge in [-0.1, -0.05) is 11.3 Å². The quantitative estimate of drug-likeness (QED) is 0.544. The van der Waals surface area contributed by atoms with Gasteiger partial charge in [0, 0.05) is 18.0 Å². The van der Waals surface area contributed by atoms with Gasteiger partial charge in [-0.15, -0.1) is 0 Å². The van der Waals surface area contributed by atoms with E-state index in [2.05, 4.69) is 15.3 Å². The molecule has 0 aliphatic carbocycles. The van der Waals surface area contributed by atoms with Crippen molar-refractivity contribution in [2.24, 2.45) is 0 Å². The van der Waals surface area contributed by atoms with Gasteiger partial charge in [0.2, 0.25) is 0 Å². The Morgan fingerprint density at radius 2 is 1.89 bits per heavy atom. The number of methoxy groups -OCH3 is 1. The van der Waals surface area contributed by atoms with E-state index in [-0.39, 0.29) is 5.91 Å². The number of hydrogen-bond donors (Lipinski definition) is 1. The molecule has 4 rings (SSSR count). The zero-order valence-electron chi connectivity index (χ0n) is 14.4. The molecule has 3 aromatic heterocycles. The normalized spacial score (nSPS) is 10.6. The fraction of sp³-hybridized carbons (Fsp3) is 0.0500. The number of anilines is 1. The minimum absolute atomic E-state index is 0.237. The second-order valence-electron chi connectivity index (χ2n) is 5.59. The van der Waals surface area contributed by atoms with Crippen LogP contribution < -0.4 is 10.1 Å². The molecule has 3 heterocycles. The Bertz CT molecular complexity index is 1040. The molecule has 1 amide bonds. The van der Waals surface area contributed by atoms with Gasteiger partial charge in [-0.2, -0.15) is 0 Å². The number of nitrogens with zero attached hydrogens (tertiary/aromatic N) is 2. The van der Waals surface area contributed by atoms with Crippen LogP contribution in [0, 0.1) is 0 Å². The summed E-state index contributed by atoms with van der Waals surface area (Å²) in [6, 6.07) is 14.3. The molecule has 27 heavy (non-hydrogen) atoms. The van der Waals surface area contributed by atoms with Gasteiger partial charge in [-0.3, -0.25) is 15.1 Å². The number of furan rings is 1. The van der Waals surface area contributed by atoms with Crippen LogP contribution in [0.3, 0.4) is 0 Å². The number of pyridine rings is 1. The molecule has 0 aliphatic rings. The maximum absolute atomic E-state index is 12.5. The zero-order valence-corrected chi connectivity index (χ0v) is 15.2. The molecule has 0 unspecified atom stereocenters. The molecule has 1 N–H and O–H groups in total. The molecule has 0 bridgehead atoms. The Balaban J connectivity index is 1.66. The van der Waals surface area contributed by atoms with Crippen LogP contribution in [0.5, 0.6) is 5.75 Å². The number of carbonyl (C=O) groups excluding carboxylic acids is 1. The molecule has 4 aromatic rings. The number of carbonyl (C=O) groups is 1. The van der Waals surface area contributed by atoms with E-state index in [1.165, 1.54) is 11.3 Å². The smallest absolute Gasteiger partial charge is 0.257 e. The highest BCUT2D eigenvalue weighted by Crippen LogP contribution is 2.39. The first-order valence-corrected chi connectivity index (χ1v) is 8.97. The maximum Gasteiger partial charge on any atom is 0.257 e. The van der Waals surface area contributed by atoms with Gasteiger partial charge < -0.3 is 9.15 Å². The Morgan fingerprint density at radius 3 is 2.56 bits per heavy atom. The van der Waals surface area contributed by atoms with Crippen LogP contribution in [-0.4, -0.2) is 23.0 Å². The van der Waals surface area contributed by atoms with Crippen molar-refractivity contribution >= 4 is 22.4 Å². The van der Waals surface area contributed by atoms with Gasteiger partial charge in [0.15, 0.2) is 10.9 Å². The van der Waals surface area contributed by atoms with Gasteiger partial charge in [-0.05, 0) is 54.1 Å². The lowest BCUT2D eigenvalue weighted by Crippen LogP contribution is -2.11. The van der Waals surface area contributed by atoms with E-state index in [0.717, 1.165) is 10.4 Å². The van der Waals surface area contributed by atoms with Crippen molar-refractivity contribution in [1.82, 2.24) is 9.97 Å². The monoisotopic (exact) mass is 377 g/mol. The van der Waals surface area contributed by atoms with Crippen molar-refractivity contribution in [1.29, 1.82) is 0 Å². The molecule has 0 saturated carbocycles. The Hall–Kier alpha value is -3.45. The third kappa shape index (κ3) is 3.58. The summed E-state index contributed by atoms with van der Waals surface area (Å²) in [5, 5.41) is 3.35. The van der Waals surface area contributed by atoms with Gasteiger partial charge >= 0.3 is 0 Å². The lowest BCUT2D eigenvalue weighted by molar-refractivity contribution is 0.102. The van der Waals surface area contributed by atoms with E-state index >= 15 is 0 Å². The van der Waals surface area contributed by atoms with Crippen LogP contribution in [0.15, 0.2) is 71.6 Å². The Morgan fingerprint density at radius 1 is 1.11 bits per heavy atom. The summed E-state index contributed by atoms with van der Waals surface area (Å²) < 4.78 is 10.6. The average molecular weight is 377 g/mol. The molecular weight excluding hydrogens is 362 g/mol. The van der Waals surface area contributed by atoms with E-state index in [0.29, 0.717) is 27.9 Å². The van der Waals surface area contributed by atoms with Crippen LogP contribution >= 0.6 is 11.3 Å². The third-order valence-corrected chi connectivity index (χ3v) is 4.92. The number of thiazole rings is 1. The van der Waals surface area contributed by atoms with Crippen molar-refractivity contribution < 1.29 is 13.9 Å². The third-order valence-electron chi connectivity index (χ3n) is 3.90. The lowest BCUT2D eigenvalue weighted by Gasteiger charge is -2.03. The number of ether oxygens (including phenoxy) is 1. The highest BCUT2D eigenvalue weighted by Gasteiger charge is 2.18. The van der Waals surface area contributed by atoms with Crippen LogP contribution in [0.25, 0.3) is 21.9 Å². The maximum atomic E-state index is 12.5. The number of hydrogen-bond acceptors (Lipinski definition) is 6. The molecule has 0 fully saturated rings. The molecule has 0 atom stereocenters. The lowest BCUT2D eigenvalue weighted by atomic mass is 10.2. The second-order valence-corrected chi connectivity index (χ2v) is 6.59. The van der Waals surface area contributed by atoms with Crippen LogP contribution in [0.1, 0.15) is 10.4 Å². The van der Waals surface area contributed by atoms with Crippen LogP contribution in [-0.2, 0) is 0 Å². The van der Waals surface area contributed by atoms with Gasteiger partial charge in [-0.25, -0.2) is 4.98 Å². The van der Waals surface area contributed by atoms with Crippen LogP contribution in [0.2, 0.25) is 0 Å². The molecule has 1 aromatic carbocycles. The summed E-state index contributed by atoms with van der Waals surface area (Å²) in [5.41, 5.74) is 2.16. The van der Waals surface area contributed by atoms with E-state index in [1.807, 2.05) is 18.2 Å². The Labute approximate surface area is 159 Å². The first kappa shape index (κ1) is 17.0. The van der Waals surface area contributed by atoms with Gasteiger partial charge in [0.1, 0.15) is 11.4 Å². The Kier molecular flexibility index (Phi) is 4.67. The number of benzene rings is 1. The van der Waals surface area contributed by atoms with Crippen LogP contribution in [0.4, 0.5) is 5.13 Å². The predicted octanol–water partition coefficient (Wildman–Crippen LogP) is 4.73. The predicted molar refractivity (Wildman–Crippen MR) is 104 cm³/mol. The summed E-state index contributed by atoms with van der Waals surface area (Å²) in [6.45, 7) is 0. The van der Waals surface area contributed by atoms with Gasteiger partial charge in [0.05, 0.1) is 18.3 Å². The van der Waals surface area contributed by atoms with E-state index in [9.17, 15) is 4.79 Å². The summed E-state index contributed by atoms with van der Waals surface area (Å²) >= 11 is 1.39. The van der Waals surface area contributed by atoms with Crippen molar-refractivity contribution in [2.45, 2.75) is 0 Å². The number of nitrogens with one attached hydrogen (secondary N) is 1. The largest absolute Gasteiger partial charge is 0.497 e. The molecule has 0 spiro atoms. The fourth-order valence-electron chi connectivity index (χ4n) is 2.56. The van der Waals surface area contributed by atoms with Crippen molar-refractivity contribution in [3.8, 4) is 27.6 Å². The van der Waals surface area contributed by atoms with Crippen molar-refractivity contribution in [2.75, 3.05) is 12.4 Å². The standard InChI is InChI=1S/C20H15N3O3S/c1-25-15-6-4-14(5-7-15)19(24)23-20-22-17(16-3-2-12-26-16)18(27-20)13-8-10-21-11-9-13/h2-12H,1H3,(H,22,23,24). The molecule has 6 nitrogen and oxygen atoms in total. The van der Waals surface area contributed by atoms with Crippen molar-refractivity contribution in [3.63, 3.8) is 0 Å². The summed E-state index contributed by atoms with van der Waals surface area (Å²) in [5.74, 6) is 1.10. The zero-order chi connectivity index (χ0) is 18.6. The second kappa shape index (κ2) is 7.43. The highest BCUT2D eigenvalue weighted by atomic mass is 32.1. The first-order valence-electron chi connectivity index (χ1n) is 8.15. The molecule has 0 radical (unpaired) electrons. The first-order chi connectivity index (χ1) is 13.2. The summed E-state index contributed by atoms with van der Waals surface area (Å²) in [7, 11) is 1.58. The van der Waals surface area contributed by atoms with E-state index < -0.39 is 0 Å². The average Bonchev–Trinajstić information content (AvgIpc) is 3.38. The molecule has 0 aliphatic heterocycles. The van der Waals surface area contributed by atoms with Crippen molar-refractivity contribution in [3.05, 3.63) is 72.8 Å². The minimum Gasteiger partial charge on any atom is -0.497 e.